The molecule has 1 N–H and O–H groups in total. The molecule has 0 saturated heterocycles. The highest BCUT2D eigenvalue weighted by Gasteiger charge is 2.20. The van der Waals surface area contributed by atoms with Crippen LogP contribution in [0.5, 0.6) is 5.75 Å². The fourth-order valence-corrected chi connectivity index (χ4v) is 3.88. The van der Waals surface area contributed by atoms with Gasteiger partial charge in [0.1, 0.15) is 16.7 Å². The predicted molar refractivity (Wildman–Crippen MR) is 113 cm³/mol. The fraction of sp³-hybridized carbons (Fsp3) is 0.174. The van der Waals surface area contributed by atoms with Crippen LogP contribution < -0.4 is 9.50 Å². The second-order valence-corrected chi connectivity index (χ2v) is 8.19. The smallest absolute Gasteiger partial charge is 0.339 e. The second kappa shape index (κ2) is 10.0. The number of methoxy groups -OCH3 is 1. The van der Waals surface area contributed by atoms with Crippen molar-refractivity contribution in [2.45, 2.75) is 23.9 Å². The topological polar surface area (TPSA) is 81.7 Å². The van der Waals surface area contributed by atoms with E-state index in [0.717, 1.165) is 11.1 Å². The fourth-order valence-electron chi connectivity index (χ4n) is 2.94. The Labute approximate surface area is 176 Å². The average molecular weight is 426 g/mol. The van der Waals surface area contributed by atoms with Gasteiger partial charge in [0, 0.05) is 6.54 Å². The van der Waals surface area contributed by atoms with Crippen LogP contribution in [0, 0.1) is 0 Å². The van der Waals surface area contributed by atoms with Crippen LogP contribution in [0.4, 0.5) is 0 Å². The SMILES string of the molecule is COC(=O)[C@H](Cc1cccc(OS(=O)(=O)c2ccccc2)c1)NCc1ccccc1. The summed E-state index contributed by atoms with van der Waals surface area (Å²) in [6.45, 7) is 0.499. The molecular weight excluding hydrogens is 402 g/mol. The molecule has 0 saturated carbocycles. The van der Waals surface area contributed by atoms with E-state index >= 15 is 0 Å². The maximum Gasteiger partial charge on any atom is 0.339 e. The van der Waals surface area contributed by atoms with Gasteiger partial charge in [-0.1, -0.05) is 60.7 Å². The first-order chi connectivity index (χ1) is 14.5. The van der Waals surface area contributed by atoms with Crippen LogP contribution in [-0.4, -0.2) is 27.5 Å². The highest BCUT2D eigenvalue weighted by Crippen LogP contribution is 2.20. The minimum Gasteiger partial charge on any atom is -0.468 e. The minimum atomic E-state index is -3.93. The summed E-state index contributed by atoms with van der Waals surface area (Å²) >= 11 is 0. The number of nitrogens with one attached hydrogen (secondary N) is 1. The van der Waals surface area contributed by atoms with Gasteiger partial charge < -0.3 is 14.2 Å². The van der Waals surface area contributed by atoms with E-state index in [4.69, 9.17) is 8.92 Å². The monoisotopic (exact) mass is 425 g/mol. The molecule has 0 bridgehead atoms. The van der Waals surface area contributed by atoms with E-state index in [1.807, 2.05) is 36.4 Å². The molecule has 0 aliphatic heterocycles. The number of benzene rings is 3. The summed E-state index contributed by atoms with van der Waals surface area (Å²) in [5.41, 5.74) is 1.78. The van der Waals surface area contributed by atoms with Crippen molar-refractivity contribution in [3.05, 3.63) is 96.1 Å². The number of ether oxygens (including phenoxy) is 1. The third-order valence-corrected chi connectivity index (χ3v) is 5.72. The van der Waals surface area contributed by atoms with Crippen molar-refractivity contribution in [1.82, 2.24) is 5.32 Å². The Morgan fingerprint density at radius 2 is 1.53 bits per heavy atom. The van der Waals surface area contributed by atoms with Gasteiger partial charge in [0.15, 0.2) is 0 Å². The number of rotatable bonds is 9. The Bertz CT molecular complexity index is 1070. The Kier molecular flexibility index (Phi) is 7.21. The summed E-state index contributed by atoms with van der Waals surface area (Å²) in [5, 5.41) is 3.20. The summed E-state index contributed by atoms with van der Waals surface area (Å²) in [5.74, 6) is -0.211. The van der Waals surface area contributed by atoms with Gasteiger partial charge in [0.2, 0.25) is 0 Å². The van der Waals surface area contributed by atoms with Gasteiger partial charge >= 0.3 is 16.1 Å². The highest BCUT2D eigenvalue weighted by atomic mass is 32.2. The Hall–Kier alpha value is -3.16. The maximum absolute atomic E-state index is 12.4. The largest absolute Gasteiger partial charge is 0.468 e. The molecule has 1 atom stereocenters. The third-order valence-electron chi connectivity index (χ3n) is 4.46. The van der Waals surface area contributed by atoms with Gasteiger partial charge in [-0.2, -0.15) is 8.42 Å². The van der Waals surface area contributed by atoms with Crippen molar-refractivity contribution < 1.29 is 22.1 Å². The molecule has 0 aromatic heterocycles. The first-order valence-electron chi connectivity index (χ1n) is 9.41. The van der Waals surface area contributed by atoms with E-state index in [9.17, 15) is 13.2 Å². The van der Waals surface area contributed by atoms with E-state index in [1.54, 1.807) is 36.4 Å². The number of carbonyl (C=O) groups excluding carboxylic acids is 1. The summed E-state index contributed by atoms with van der Waals surface area (Å²) in [4.78, 5) is 12.3. The average Bonchev–Trinajstić information content (AvgIpc) is 2.77. The first kappa shape index (κ1) is 21.5. The van der Waals surface area contributed by atoms with Crippen molar-refractivity contribution in [3.8, 4) is 5.75 Å². The standard InChI is InChI=1S/C23H23NO5S/c1-28-23(25)22(24-17-18-9-4-2-5-10-18)16-19-11-8-12-20(15-19)29-30(26,27)21-13-6-3-7-14-21/h2-15,22,24H,16-17H2,1H3/t22-/m0/s1. The molecule has 0 amide bonds. The lowest BCUT2D eigenvalue weighted by Gasteiger charge is -2.17. The number of carbonyl (C=O) groups is 1. The summed E-state index contributed by atoms with van der Waals surface area (Å²) in [6, 6.07) is 23.7. The lowest BCUT2D eigenvalue weighted by Crippen LogP contribution is -2.39. The van der Waals surface area contributed by atoms with Crippen LogP contribution in [-0.2, 0) is 32.6 Å². The van der Waals surface area contributed by atoms with E-state index in [-0.39, 0.29) is 10.6 Å². The molecule has 30 heavy (non-hydrogen) atoms. The maximum atomic E-state index is 12.4. The molecule has 3 rings (SSSR count). The summed E-state index contributed by atoms with van der Waals surface area (Å²) in [6.07, 6.45) is 0.322. The van der Waals surface area contributed by atoms with Crippen LogP contribution in [0.25, 0.3) is 0 Å². The molecule has 0 spiro atoms. The molecule has 3 aromatic rings. The lowest BCUT2D eigenvalue weighted by molar-refractivity contribution is -0.143. The Morgan fingerprint density at radius 1 is 0.900 bits per heavy atom. The minimum absolute atomic E-state index is 0.0763. The lowest BCUT2D eigenvalue weighted by atomic mass is 10.1. The summed E-state index contributed by atoms with van der Waals surface area (Å²) < 4.78 is 35.1. The van der Waals surface area contributed by atoms with Gasteiger partial charge in [-0.3, -0.25) is 4.79 Å². The quantitative estimate of drug-likeness (QED) is 0.418. The zero-order chi connectivity index (χ0) is 21.4. The van der Waals surface area contributed by atoms with Gasteiger partial charge in [-0.25, -0.2) is 0 Å². The highest BCUT2D eigenvalue weighted by molar-refractivity contribution is 7.87. The van der Waals surface area contributed by atoms with E-state index in [1.165, 1.54) is 19.2 Å². The van der Waals surface area contributed by atoms with Crippen LogP contribution >= 0.6 is 0 Å². The van der Waals surface area contributed by atoms with E-state index < -0.39 is 22.1 Å². The van der Waals surface area contributed by atoms with Crippen molar-refractivity contribution in [2.75, 3.05) is 7.11 Å². The van der Waals surface area contributed by atoms with Crippen molar-refractivity contribution in [3.63, 3.8) is 0 Å². The number of esters is 1. The van der Waals surface area contributed by atoms with E-state index in [2.05, 4.69) is 5.32 Å². The third kappa shape index (κ3) is 5.92. The number of hydrogen-bond donors (Lipinski definition) is 1. The predicted octanol–water partition coefficient (Wildman–Crippen LogP) is 3.33. The molecule has 0 unspecified atom stereocenters. The normalized spacial score (nSPS) is 12.2. The van der Waals surface area contributed by atoms with Crippen molar-refractivity contribution >= 4 is 16.1 Å². The summed E-state index contributed by atoms with van der Waals surface area (Å²) in [7, 11) is -2.59. The molecule has 0 radical (unpaired) electrons. The van der Waals surface area contributed by atoms with Crippen molar-refractivity contribution in [1.29, 1.82) is 0 Å². The number of hydrogen-bond acceptors (Lipinski definition) is 6. The molecule has 0 heterocycles. The molecule has 0 aliphatic carbocycles. The van der Waals surface area contributed by atoms with Gasteiger partial charge in [-0.15, -0.1) is 0 Å². The second-order valence-electron chi connectivity index (χ2n) is 6.64. The Balaban J connectivity index is 1.72. The van der Waals surface area contributed by atoms with Crippen molar-refractivity contribution in [2.24, 2.45) is 0 Å². The van der Waals surface area contributed by atoms with Crippen LogP contribution in [0.3, 0.4) is 0 Å². The zero-order valence-corrected chi connectivity index (χ0v) is 17.3. The molecule has 156 valence electrons. The van der Waals surface area contributed by atoms with E-state index in [0.29, 0.717) is 13.0 Å². The van der Waals surface area contributed by atoms with Gasteiger partial charge in [0.05, 0.1) is 7.11 Å². The molecule has 3 aromatic carbocycles. The molecule has 6 nitrogen and oxygen atoms in total. The first-order valence-corrected chi connectivity index (χ1v) is 10.8. The zero-order valence-electron chi connectivity index (χ0n) is 16.5. The van der Waals surface area contributed by atoms with Gasteiger partial charge in [0.25, 0.3) is 0 Å². The molecular formula is C23H23NO5S. The van der Waals surface area contributed by atoms with Gasteiger partial charge in [-0.05, 0) is 41.8 Å². The van der Waals surface area contributed by atoms with Crippen LogP contribution in [0.15, 0.2) is 89.8 Å². The van der Waals surface area contributed by atoms with Crippen LogP contribution in [0.2, 0.25) is 0 Å². The molecule has 0 fully saturated rings. The Morgan fingerprint density at radius 3 is 2.20 bits per heavy atom. The molecule has 7 heteroatoms. The van der Waals surface area contributed by atoms with Crippen LogP contribution in [0.1, 0.15) is 11.1 Å². The molecule has 0 aliphatic rings.